The lowest BCUT2D eigenvalue weighted by Crippen LogP contribution is -2.49. The Hall–Kier alpha value is -2.69. The molecule has 0 N–H and O–H groups in total. The molecule has 5 heteroatoms. The van der Waals surface area contributed by atoms with Crippen LogP contribution in [0.4, 0.5) is 5.69 Å². The molecule has 0 aromatic heterocycles. The first-order valence-electron chi connectivity index (χ1n) is 9.44. The van der Waals surface area contributed by atoms with Crippen molar-refractivity contribution in [2.45, 2.75) is 20.3 Å². The van der Waals surface area contributed by atoms with Crippen LogP contribution in [0.15, 0.2) is 42.5 Å². The Kier molecular flexibility index (Phi) is 6.22. The second-order valence-corrected chi connectivity index (χ2v) is 6.91. The summed E-state index contributed by atoms with van der Waals surface area (Å²) in [7, 11) is 1.69. The number of methoxy groups -OCH3 is 1. The maximum Gasteiger partial charge on any atom is 0.226 e. The van der Waals surface area contributed by atoms with Crippen molar-refractivity contribution >= 4 is 11.6 Å². The number of rotatable bonds is 6. The lowest BCUT2D eigenvalue weighted by molar-refractivity contribution is -0.132. The summed E-state index contributed by atoms with van der Waals surface area (Å²) in [6.07, 6.45) is 0.405. The molecule has 27 heavy (non-hydrogen) atoms. The second kappa shape index (κ2) is 8.80. The van der Waals surface area contributed by atoms with Crippen LogP contribution in [0.25, 0.3) is 0 Å². The second-order valence-electron chi connectivity index (χ2n) is 6.91. The van der Waals surface area contributed by atoms with Crippen molar-refractivity contribution in [2.75, 3.05) is 44.8 Å². The Bertz CT molecular complexity index is 783. The summed E-state index contributed by atoms with van der Waals surface area (Å²) in [5.74, 6) is 1.89. The third-order valence-corrected chi connectivity index (χ3v) is 4.98. The molecule has 0 unspecified atom stereocenters. The molecule has 144 valence electrons. The lowest BCUT2D eigenvalue weighted by Gasteiger charge is -2.36. The molecule has 1 aliphatic rings. The molecule has 0 spiro atoms. The fraction of sp³-hybridized carbons (Fsp3) is 0.409. The predicted octanol–water partition coefficient (Wildman–Crippen LogP) is 3.43. The Morgan fingerprint density at radius 3 is 2.48 bits per heavy atom. The highest BCUT2D eigenvalue weighted by molar-refractivity contribution is 5.76. The van der Waals surface area contributed by atoms with Crippen molar-refractivity contribution in [3.63, 3.8) is 0 Å². The summed E-state index contributed by atoms with van der Waals surface area (Å²) < 4.78 is 11.3. The summed E-state index contributed by atoms with van der Waals surface area (Å²) >= 11 is 0. The molecule has 0 radical (unpaired) electrons. The van der Waals surface area contributed by atoms with E-state index in [9.17, 15) is 4.79 Å². The fourth-order valence-corrected chi connectivity index (χ4v) is 3.36. The summed E-state index contributed by atoms with van der Waals surface area (Å²) in [4.78, 5) is 16.7. The number of hydrogen-bond acceptors (Lipinski definition) is 4. The first-order chi connectivity index (χ1) is 13.1. The largest absolute Gasteiger partial charge is 0.495 e. The number of anilines is 1. The number of piperazine rings is 1. The van der Waals surface area contributed by atoms with Gasteiger partial charge < -0.3 is 19.3 Å². The van der Waals surface area contributed by atoms with Gasteiger partial charge in [0.25, 0.3) is 0 Å². The van der Waals surface area contributed by atoms with Crippen molar-refractivity contribution in [3.8, 4) is 11.5 Å². The molecule has 2 aromatic rings. The van der Waals surface area contributed by atoms with Crippen LogP contribution in [0.5, 0.6) is 11.5 Å². The number of hydrogen-bond donors (Lipinski definition) is 0. The van der Waals surface area contributed by atoms with Gasteiger partial charge in [0.05, 0.1) is 25.8 Å². The van der Waals surface area contributed by atoms with Gasteiger partial charge in [-0.25, -0.2) is 0 Å². The van der Waals surface area contributed by atoms with Gasteiger partial charge in [-0.3, -0.25) is 4.79 Å². The van der Waals surface area contributed by atoms with E-state index < -0.39 is 0 Å². The molecule has 0 saturated carbocycles. The van der Waals surface area contributed by atoms with Gasteiger partial charge in [-0.1, -0.05) is 24.3 Å². The zero-order valence-electron chi connectivity index (χ0n) is 16.4. The highest BCUT2D eigenvalue weighted by Gasteiger charge is 2.22. The van der Waals surface area contributed by atoms with E-state index in [1.54, 1.807) is 7.11 Å². The highest BCUT2D eigenvalue weighted by Crippen LogP contribution is 2.28. The number of nitrogens with zero attached hydrogens (tertiary/aromatic N) is 2. The molecular formula is C22H28N2O3. The predicted molar refractivity (Wildman–Crippen MR) is 108 cm³/mol. The van der Waals surface area contributed by atoms with Gasteiger partial charge in [0.15, 0.2) is 0 Å². The quantitative estimate of drug-likeness (QED) is 0.783. The molecule has 1 heterocycles. The SMILES string of the molecule is COc1ccccc1N1CCN(C(=O)CCOc2cc(C)ccc2C)CC1. The van der Waals surface area contributed by atoms with Gasteiger partial charge in [0.2, 0.25) is 5.91 Å². The molecular weight excluding hydrogens is 340 g/mol. The van der Waals surface area contributed by atoms with Crippen LogP contribution in [0.2, 0.25) is 0 Å². The molecule has 1 saturated heterocycles. The van der Waals surface area contributed by atoms with Gasteiger partial charge in [0.1, 0.15) is 11.5 Å². The smallest absolute Gasteiger partial charge is 0.226 e. The number of carbonyl (C=O) groups excluding carboxylic acids is 1. The zero-order valence-corrected chi connectivity index (χ0v) is 16.4. The van der Waals surface area contributed by atoms with Crippen LogP contribution < -0.4 is 14.4 Å². The minimum atomic E-state index is 0.153. The minimum Gasteiger partial charge on any atom is -0.495 e. The molecule has 0 atom stereocenters. The molecule has 0 bridgehead atoms. The zero-order chi connectivity index (χ0) is 19.2. The molecule has 1 aliphatic heterocycles. The summed E-state index contributed by atoms with van der Waals surface area (Å²) in [6.45, 7) is 7.54. The number of benzene rings is 2. The minimum absolute atomic E-state index is 0.153. The molecule has 0 aliphatic carbocycles. The first-order valence-corrected chi connectivity index (χ1v) is 9.44. The Morgan fingerprint density at radius 1 is 1.00 bits per heavy atom. The first kappa shape index (κ1) is 19.1. The van der Waals surface area contributed by atoms with Crippen molar-refractivity contribution in [3.05, 3.63) is 53.6 Å². The molecule has 1 fully saturated rings. The van der Waals surface area contributed by atoms with E-state index in [1.165, 1.54) is 0 Å². The van der Waals surface area contributed by atoms with Gasteiger partial charge >= 0.3 is 0 Å². The number of aryl methyl sites for hydroxylation is 2. The number of amides is 1. The third kappa shape index (κ3) is 4.73. The van der Waals surface area contributed by atoms with E-state index >= 15 is 0 Å². The van der Waals surface area contributed by atoms with Crippen LogP contribution >= 0.6 is 0 Å². The maximum absolute atomic E-state index is 12.5. The van der Waals surface area contributed by atoms with Crippen LogP contribution in [-0.4, -0.2) is 50.7 Å². The molecule has 3 rings (SSSR count). The van der Waals surface area contributed by atoms with E-state index in [2.05, 4.69) is 17.0 Å². The maximum atomic E-state index is 12.5. The van der Waals surface area contributed by atoms with Gasteiger partial charge in [0, 0.05) is 26.2 Å². The van der Waals surface area contributed by atoms with Crippen molar-refractivity contribution in [1.29, 1.82) is 0 Å². The topological polar surface area (TPSA) is 42.0 Å². The van der Waals surface area contributed by atoms with E-state index in [4.69, 9.17) is 9.47 Å². The number of carbonyl (C=O) groups is 1. The van der Waals surface area contributed by atoms with E-state index in [1.807, 2.05) is 49.1 Å². The lowest BCUT2D eigenvalue weighted by atomic mass is 10.1. The summed E-state index contributed by atoms with van der Waals surface area (Å²) in [5.41, 5.74) is 3.35. The number of ether oxygens (including phenoxy) is 2. The standard InChI is InChI=1S/C22H28N2O3/c1-17-8-9-18(2)21(16-17)27-15-10-22(25)24-13-11-23(12-14-24)19-6-4-5-7-20(19)26-3/h4-9,16H,10-15H2,1-3H3. The van der Waals surface area contributed by atoms with Gasteiger partial charge in [-0.2, -0.15) is 0 Å². The molecule has 2 aromatic carbocycles. The normalized spacial score (nSPS) is 14.2. The van der Waals surface area contributed by atoms with Gasteiger partial charge in [-0.05, 0) is 43.2 Å². The van der Waals surface area contributed by atoms with Crippen LogP contribution in [0.3, 0.4) is 0 Å². The van der Waals surface area contributed by atoms with Crippen LogP contribution in [0.1, 0.15) is 17.5 Å². The Morgan fingerprint density at radius 2 is 1.74 bits per heavy atom. The third-order valence-electron chi connectivity index (χ3n) is 4.98. The average molecular weight is 368 g/mol. The van der Waals surface area contributed by atoms with Crippen molar-refractivity contribution in [2.24, 2.45) is 0 Å². The van der Waals surface area contributed by atoms with Crippen LogP contribution in [0, 0.1) is 13.8 Å². The average Bonchev–Trinajstić information content (AvgIpc) is 2.70. The fourth-order valence-electron chi connectivity index (χ4n) is 3.36. The van der Waals surface area contributed by atoms with E-state index in [0.29, 0.717) is 13.0 Å². The van der Waals surface area contributed by atoms with Gasteiger partial charge in [-0.15, -0.1) is 0 Å². The monoisotopic (exact) mass is 368 g/mol. The molecule has 5 nitrogen and oxygen atoms in total. The highest BCUT2D eigenvalue weighted by atomic mass is 16.5. The Labute approximate surface area is 161 Å². The van der Waals surface area contributed by atoms with Crippen LogP contribution in [-0.2, 0) is 4.79 Å². The van der Waals surface area contributed by atoms with Crippen molar-refractivity contribution < 1.29 is 14.3 Å². The summed E-state index contributed by atoms with van der Waals surface area (Å²) in [5, 5.41) is 0. The van der Waals surface area contributed by atoms with Crippen molar-refractivity contribution in [1.82, 2.24) is 4.90 Å². The van der Waals surface area contributed by atoms with E-state index in [0.717, 1.165) is 54.5 Å². The number of para-hydroxylation sites is 2. The summed E-state index contributed by atoms with van der Waals surface area (Å²) in [6, 6.07) is 14.1. The molecule has 1 amide bonds. The van der Waals surface area contributed by atoms with E-state index in [-0.39, 0.29) is 5.91 Å². The Balaban J connectivity index is 1.48.